The van der Waals surface area contributed by atoms with E-state index < -0.39 is 0 Å². The average Bonchev–Trinajstić information content (AvgIpc) is 2.83. The van der Waals surface area contributed by atoms with Crippen molar-refractivity contribution in [1.29, 1.82) is 0 Å². The van der Waals surface area contributed by atoms with E-state index in [2.05, 4.69) is 11.9 Å². The minimum atomic E-state index is -0.313. The Hall–Kier alpha value is -0.830. The average molecular weight is 183 g/mol. The summed E-state index contributed by atoms with van der Waals surface area (Å²) in [7, 11) is 0. The van der Waals surface area contributed by atoms with Gasteiger partial charge in [0.2, 0.25) is 0 Å². The van der Waals surface area contributed by atoms with Crippen LogP contribution in [0.4, 0.5) is 0 Å². The van der Waals surface area contributed by atoms with Gasteiger partial charge in [0.1, 0.15) is 6.04 Å². The highest BCUT2D eigenvalue weighted by Gasteiger charge is 2.29. The van der Waals surface area contributed by atoms with Crippen molar-refractivity contribution >= 4 is 5.97 Å². The van der Waals surface area contributed by atoms with E-state index in [0.717, 1.165) is 18.4 Å². The van der Waals surface area contributed by atoms with Gasteiger partial charge in [0, 0.05) is 6.04 Å². The fraction of sp³-hybridized carbons (Fsp3) is 0.700. The molecular formula is C10H17NO2. The highest BCUT2D eigenvalue weighted by atomic mass is 16.5. The predicted molar refractivity (Wildman–Crippen MR) is 51.4 cm³/mol. The van der Waals surface area contributed by atoms with Crippen molar-refractivity contribution in [3.8, 4) is 0 Å². The summed E-state index contributed by atoms with van der Waals surface area (Å²) in [6.07, 6.45) is 2.31. The fourth-order valence-electron chi connectivity index (χ4n) is 1.12. The number of nitrogens with one attached hydrogen (secondary N) is 1. The molecule has 0 aliphatic heterocycles. The largest absolute Gasteiger partial charge is 0.465 e. The topological polar surface area (TPSA) is 38.3 Å². The summed E-state index contributed by atoms with van der Waals surface area (Å²) >= 11 is 0. The second-order valence-corrected chi connectivity index (χ2v) is 3.47. The van der Waals surface area contributed by atoms with Gasteiger partial charge >= 0.3 is 5.97 Å². The molecule has 1 unspecified atom stereocenters. The van der Waals surface area contributed by atoms with Crippen LogP contribution in [0.25, 0.3) is 0 Å². The van der Waals surface area contributed by atoms with Crippen molar-refractivity contribution in [3.63, 3.8) is 0 Å². The Labute approximate surface area is 79.2 Å². The van der Waals surface area contributed by atoms with Crippen molar-refractivity contribution in [3.05, 3.63) is 12.2 Å². The van der Waals surface area contributed by atoms with Crippen LogP contribution in [-0.2, 0) is 9.53 Å². The van der Waals surface area contributed by atoms with Crippen LogP contribution in [0.2, 0.25) is 0 Å². The molecule has 1 aliphatic rings. The first kappa shape index (κ1) is 10.3. The van der Waals surface area contributed by atoms with Crippen LogP contribution in [0, 0.1) is 0 Å². The molecule has 0 radical (unpaired) electrons. The molecular weight excluding hydrogens is 166 g/mol. The zero-order chi connectivity index (χ0) is 9.84. The summed E-state index contributed by atoms with van der Waals surface area (Å²) in [6.45, 7) is 7.86. The molecule has 1 atom stereocenters. The molecule has 0 amide bonds. The van der Waals surface area contributed by atoms with Crippen LogP contribution in [0.15, 0.2) is 12.2 Å². The van der Waals surface area contributed by atoms with Crippen molar-refractivity contribution in [2.45, 2.75) is 38.8 Å². The molecule has 1 fully saturated rings. The Morgan fingerprint density at radius 3 is 2.69 bits per heavy atom. The predicted octanol–water partition coefficient (Wildman–Crippen LogP) is 1.25. The standard InChI is InChI=1S/C10H17NO2/c1-4-13-10(12)9(7(2)3)11-8-5-6-8/h8-9,11H,2,4-6H2,1,3H3. The van der Waals surface area contributed by atoms with Crippen LogP contribution in [0.1, 0.15) is 26.7 Å². The van der Waals surface area contributed by atoms with Crippen molar-refractivity contribution in [2.24, 2.45) is 0 Å². The molecule has 0 saturated heterocycles. The van der Waals surface area contributed by atoms with Gasteiger partial charge in [0.25, 0.3) is 0 Å². The van der Waals surface area contributed by atoms with Gasteiger partial charge in [-0.1, -0.05) is 12.2 Å². The molecule has 13 heavy (non-hydrogen) atoms. The maximum Gasteiger partial charge on any atom is 0.327 e. The number of carbonyl (C=O) groups excluding carboxylic acids is 1. The molecule has 0 bridgehead atoms. The Morgan fingerprint density at radius 1 is 1.69 bits per heavy atom. The molecule has 3 nitrogen and oxygen atoms in total. The molecule has 1 saturated carbocycles. The Balaban J connectivity index is 2.44. The molecule has 0 heterocycles. The van der Waals surface area contributed by atoms with E-state index >= 15 is 0 Å². The lowest BCUT2D eigenvalue weighted by molar-refractivity contribution is -0.144. The molecule has 0 aromatic heterocycles. The monoisotopic (exact) mass is 183 g/mol. The lowest BCUT2D eigenvalue weighted by Gasteiger charge is -2.16. The van der Waals surface area contributed by atoms with Gasteiger partial charge in [-0.15, -0.1) is 0 Å². The smallest absolute Gasteiger partial charge is 0.327 e. The number of esters is 1. The zero-order valence-corrected chi connectivity index (χ0v) is 8.30. The minimum absolute atomic E-state index is 0.207. The van der Waals surface area contributed by atoms with Crippen LogP contribution in [0.5, 0.6) is 0 Å². The van der Waals surface area contributed by atoms with E-state index in [0.29, 0.717) is 12.6 Å². The van der Waals surface area contributed by atoms with Gasteiger partial charge in [-0.25, -0.2) is 4.79 Å². The lowest BCUT2D eigenvalue weighted by Crippen LogP contribution is -2.40. The van der Waals surface area contributed by atoms with E-state index in [-0.39, 0.29) is 12.0 Å². The summed E-state index contributed by atoms with van der Waals surface area (Å²) in [6, 6.07) is 0.179. The highest BCUT2D eigenvalue weighted by Crippen LogP contribution is 2.20. The molecule has 0 aromatic rings. The first-order valence-corrected chi connectivity index (χ1v) is 4.73. The van der Waals surface area contributed by atoms with Gasteiger partial charge in [0.15, 0.2) is 0 Å². The fourth-order valence-corrected chi connectivity index (χ4v) is 1.12. The van der Waals surface area contributed by atoms with E-state index in [1.165, 1.54) is 0 Å². The van der Waals surface area contributed by atoms with Gasteiger partial charge in [-0.3, -0.25) is 5.32 Å². The first-order chi connectivity index (χ1) is 6.15. The van der Waals surface area contributed by atoms with Gasteiger partial charge < -0.3 is 4.74 Å². The normalized spacial score (nSPS) is 18.0. The molecule has 0 aromatic carbocycles. The quantitative estimate of drug-likeness (QED) is 0.515. The third-order valence-electron chi connectivity index (χ3n) is 1.99. The molecule has 1 aliphatic carbocycles. The third-order valence-corrected chi connectivity index (χ3v) is 1.99. The third kappa shape index (κ3) is 3.19. The van der Waals surface area contributed by atoms with Crippen LogP contribution in [0.3, 0.4) is 0 Å². The Kier molecular flexibility index (Phi) is 3.48. The van der Waals surface area contributed by atoms with E-state index in [4.69, 9.17) is 4.74 Å². The SMILES string of the molecule is C=C(C)C(NC1CC1)C(=O)OCC. The number of rotatable bonds is 5. The molecule has 0 spiro atoms. The molecule has 3 heteroatoms. The van der Waals surface area contributed by atoms with Crippen molar-refractivity contribution < 1.29 is 9.53 Å². The number of hydrogen-bond donors (Lipinski definition) is 1. The summed E-state index contributed by atoms with van der Waals surface area (Å²) in [5.41, 5.74) is 0.824. The van der Waals surface area contributed by atoms with E-state index in [1.807, 2.05) is 13.8 Å². The van der Waals surface area contributed by atoms with Gasteiger partial charge in [0.05, 0.1) is 6.61 Å². The molecule has 1 rings (SSSR count). The maximum absolute atomic E-state index is 11.4. The summed E-state index contributed by atoms with van der Waals surface area (Å²) in [4.78, 5) is 11.4. The first-order valence-electron chi connectivity index (χ1n) is 4.73. The van der Waals surface area contributed by atoms with Crippen LogP contribution >= 0.6 is 0 Å². The second-order valence-electron chi connectivity index (χ2n) is 3.47. The van der Waals surface area contributed by atoms with Crippen molar-refractivity contribution in [2.75, 3.05) is 6.61 Å². The number of carbonyl (C=O) groups is 1. The lowest BCUT2D eigenvalue weighted by atomic mass is 10.1. The van der Waals surface area contributed by atoms with Gasteiger partial charge in [-0.2, -0.15) is 0 Å². The zero-order valence-electron chi connectivity index (χ0n) is 8.30. The summed E-state index contributed by atoms with van der Waals surface area (Å²) in [5.74, 6) is -0.207. The summed E-state index contributed by atoms with van der Waals surface area (Å²) in [5, 5.41) is 3.20. The van der Waals surface area contributed by atoms with E-state index in [1.54, 1.807) is 0 Å². The van der Waals surface area contributed by atoms with E-state index in [9.17, 15) is 4.79 Å². The minimum Gasteiger partial charge on any atom is -0.465 e. The number of ether oxygens (including phenoxy) is 1. The van der Waals surface area contributed by atoms with Crippen LogP contribution in [-0.4, -0.2) is 24.7 Å². The van der Waals surface area contributed by atoms with Gasteiger partial charge in [-0.05, 0) is 26.7 Å². The van der Waals surface area contributed by atoms with Crippen molar-refractivity contribution in [1.82, 2.24) is 5.32 Å². The summed E-state index contributed by atoms with van der Waals surface area (Å²) < 4.78 is 4.93. The second kappa shape index (κ2) is 4.42. The van der Waals surface area contributed by atoms with Crippen LogP contribution < -0.4 is 5.32 Å². The maximum atomic E-state index is 11.4. The Morgan fingerprint density at radius 2 is 2.31 bits per heavy atom. The molecule has 1 N–H and O–H groups in total. The Bertz CT molecular complexity index is 209. The number of hydrogen-bond acceptors (Lipinski definition) is 3. The highest BCUT2D eigenvalue weighted by molar-refractivity contribution is 5.79. The molecule has 74 valence electrons.